The molecular formula is C24H31N3O3S. The molecule has 2 aromatic rings. The second-order valence-electron chi connectivity index (χ2n) is 8.26. The first-order valence-electron chi connectivity index (χ1n) is 11.1. The topological polar surface area (TPSA) is 53.1 Å². The summed E-state index contributed by atoms with van der Waals surface area (Å²) < 4.78 is 5.30. The standard InChI is InChI=1S/C24H31N3O3S/c1-30-20-10-8-19(9-11-20)21-6-3-2-4-12-27(21)18-23(28)25-13-15-26(16-14-25)24(29)22-7-5-17-31-22/h5,7-11,17,21H,2-4,6,12-16,18H2,1H3. The molecule has 0 aliphatic carbocycles. The van der Waals surface area contributed by atoms with E-state index in [-0.39, 0.29) is 17.9 Å². The number of thiophene rings is 1. The number of carbonyl (C=O) groups is 2. The Morgan fingerprint density at radius 3 is 2.39 bits per heavy atom. The monoisotopic (exact) mass is 441 g/mol. The van der Waals surface area contributed by atoms with Crippen LogP contribution in [-0.2, 0) is 4.79 Å². The van der Waals surface area contributed by atoms with Gasteiger partial charge in [-0.1, -0.05) is 31.0 Å². The first-order valence-corrected chi connectivity index (χ1v) is 12.0. The molecule has 2 amide bonds. The SMILES string of the molecule is COc1ccc(C2CCCCCN2CC(=O)N2CCN(C(=O)c3cccs3)CC2)cc1. The van der Waals surface area contributed by atoms with E-state index in [2.05, 4.69) is 17.0 Å². The second kappa shape index (κ2) is 10.3. The van der Waals surface area contributed by atoms with E-state index in [1.807, 2.05) is 39.4 Å². The van der Waals surface area contributed by atoms with E-state index < -0.39 is 0 Å². The number of piperazine rings is 1. The Morgan fingerprint density at radius 2 is 1.71 bits per heavy atom. The van der Waals surface area contributed by atoms with Crippen molar-refractivity contribution >= 4 is 23.2 Å². The van der Waals surface area contributed by atoms with Gasteiger partial charge in [0, 0.05) is 32.2 Å². The smallest absolute Gasteiger partial charge is 0.264 e. The molecule has 2 aliphatic heterocycles. The molecule has 166 valence electrons. The number of likely N-dealkylation sites (tertiary alicyclic amines) is 1. The molecule has 2 fully saturated rings. The summed E-state index contributed by atoms with van der Waals surface area (Å²) in [5.41, 5.74) is 1.25. The molecule has 1 unspecified atom stereocenters. The van der Waals surface area contributed by atoms with Gasteiger partial charge in [0.1, 0.15) is 5.75 Å². The summed E-state index contributed by atoms with van der Waals surface area (Å²) in [6.07, 6.45) is 4.59. The Morgan fingerprint density at radius 1 is 0.968 bits per heavy atom. The number of hydrogen-bond donors (Lipinski definition) is 0. The van der Waals surface area contributed by atoms with E-state index in [4.69, 9.17) is 4.74 Å². The third-order valence-corrected chi connectivity index (χ3v) is 7.21. The molecule has 0 spiro atoms. The van der Waals surface area contributed by atoms with Crippen LogP contribution >= 0.6 is 11.3 Å². The number of ether oxygens (including phenoxy) is 1. The number of amides is 2. The van der Waals surface area contributed by atoms with E-state index in [9.17, 15) is 9.59 Å². The fourth-order valence-electron chi connectivity index (χ4n) is 4.55. The van der Waals surface area contributed by atoms with E-state index in [0.29, 0.717) is 32.7 Å². The minimum atomic E-state index is 0.0780. The van der Waals surface area contributed by atoms with Gasteiger partial charge in [0.25, 0.3) is 5.91 Å². The summed E-state index contributed by atoms with van der Waals surface area (Å²) >= 11 is 1.47. The average Bonchev–Trinajstić information content (AvgIpc) is 3.26. The molecule has 3 heterocycles. The summed E-state index contributed by atoms with van der Waals surface area (Å²) in [7, 11) is 1.68. The van der Waals surface area contributed by atoms with Crippen molar-refractivity contribution in [1.29, 1.82) is 0 Å². The van der Waals surface area contributed by atoms with E-state index in [0.717, 1.165) is 30.0 Å². The average molecular weight is 442 g/mol. The Balaban J connectivity index is 1.36. The lowest BCUT2D eigenvalue weighted by atomic mass is 10.0. The second-order valence-corrected chi connectivity index (χ2v) is 9.21. The van der Waals surface area contributed by atoms with Crippen molar-refractivity contribution < 1.29 is 14.3 Å². The highest BCUT2D eigenvalue weighted by Crippen LogP contribution is 2.31. The fourth-order valence-corrected chi connectivity index (χ4v) is 5.24. The zero-order chi connectivity index (χ0) is 21.6. The lowest BCUT2D eigenvalue weighted by molar-refractivity contribution is -0.134. The van der Waals surface area contributed by atoms with E-state index >= 15 is 0 Å². The van der Waals surface area contributed by atoms with Crippen LogP contribution < -0.4 is 4.74 Å². The molecule has 1 aromatic carbocycles. The van der Waals surface area contributed by atoms with Gasteiger partial charge in [0.15, 0.2) is 0 Å². The maximum Gasteiger partial charge on any atom is 0.264 e. The van der Waals surface area contributed by atoms with E-state index in [1.165, 1.54) is 29.7 Å². The van der Waals surface area contributed by atoms with Crippen LogP contribution in [0.5, 0.6) is 5.75 Å². The molecule has 0 N–H and O–H groups in total. The van der Waals surface area contributed by atoms with Gasteiger partial charge in [0.05, 0.1) is 18.5 Å². The van der Waals surface area contributed by atoms with Crippen LogP contribution in [0, 0.1) is 0 Å². The third-order valence-electron chi connectivity index (χ3n) is 6.35. The Hall–Kier alpha value is -2.38. The van der Waals surface area contributed by atoms with Crippen molar-refractivity contribution in [3.05, 3.63) is 52.2 Å². The normalized spacial score (nSPS) is 20.4. The largest absolute Gasteiger partial charge is 0.497 e. The molecule has 7 heteroatoms. The molecule has 0 saturated carbocycles. The van der Waals surface area contributed by atoms with Gasteiger partial charge < -0.3 is 14.5 Å². The van der Waals surface area contributed by atoms with Crippen LogP contribution in [0.3, 0.4) is 0 Å². The van der Waals surface area contributed by atoms with Crippen LogP contribution in [0.25, 0.3) is 0 Å². The maximum absolute atomic E-state index is 13.1. The van der Waals surface area contributed by atoms with Gasteiger partial charge in [-0.15, -0.1) is 11.3 Å². The molecular weight excluding hydrogens is 410 g/mol. The molecule has 2 aliphatic rings. The number of rotatable bonds is 5. The summed E-state index contributed by atoms with van der Waals surface area (Å²) in [6.45, 7) is 3.80. The zero-order valence-corrected chi connectivity index (χ0v) is 19.0. The van der Waals surface area contributed by atoms with Crippen molar-refractivity contribution in [2.24, 2.45) is 0 Å². The van der Waals surface area contributed by atoms with Crippen molar-refractivity contribution in [2.45, 2.75) is 31.7 Å². The first-order chi connectivity index (χ1) is 15.2. The van der Waals surface area contributed by atoms with E-state index in [1.54, 1.807) is 7.11 Å². The predicted octanol–water partition coefficient (Wildman–Crippen LogP) is 3.66. The Kier molecular flexibility index (Phi) is 7.25. The van der Waals surface area contributed by atoms with Gasteiger partial charge in [0.2, 0.25) is 5.91 Å². The third kappa shape index (κ3) is 5.28. The molecule has 2 saturated heterocycles. The van der Waals surface area contributed by atoms with Crippen molar-refractivity contribution in [3.63, 3.8) is 0 Å². The quantitative estimate of drug-likeness (QED) is 0.711. The Bertz CT molecular complexity index is 861. The number of hydrogen-bond acceptors (Lipinski definition) is 5. The van der Waals surface area contributed by atoms with Crippen molar-refractivity contribution in [2.75, 3.05) is 46.4 Å². The number of methoxy groups -OCH3 is 1. The molecule has 1 atom stereocenters. The molecule has 6 nitrogen and oxygen atoms in total. The van der Waals surface area contributed by atoms with Crippen molar-refractivity contribution in [3.8, 4) is 5.75 Å². The number of nitrogens with zero attached hydrogens (tertiary/aromatic N) is 3. The van der Waals surface area contributed by atoms with Gasteiger partial charge in [-0.3, -0.25) is 14.5 Å². The lowest BCUT2D eigenvalue weighted by Gasteiger charge is -2.37. The Labute approximate surface area is 188 Å². The summed E-state index contributed by atoms with van der Waals surface area (Å²) in [6, 6.07) is 12.3. The highest BCUT2D eigenvalue weighted by atomic mass is 32.1. The van der Waals surface area contributed by atoms with Crippen LogP contribution in [0.15, 0.2) is 41.8 Å². The molecule has 31 heavy (non-hydrogen) atoms. The van der Waals surface area contributed by atoms with Gasteiger partial charge >= 0.3 is 0 Å². The molecule has 0 radical (unpaired) electrons. The minimum Gasteiger partial charge on any atom is -0.497 e. The van der Waals surface area contributed by atoms with Gasteiger partial charge in [-0.25, -0.2) is 0 Å². The van der Waals surface area contributed by atoms with Crippen LogP contribution in [0.2, 0.25) is 0 Å². The summed E-state index contributed by atoms with van der Waals surface area (Å²) in [4.78, 5) is 32.6. The fraction of sp³-hybridized carbons (Fsp3) is 0.500. The van der Waals surface area contributed by atoms with Crippen LogP contribution in [-0.4, -0.2) is 72.9 Å². The van der Waals surface area contributed by atoms with Gasteiger partial charge in [-0.2, -0.15) is 0 Å². The summed E-state index contributed by atoms with van der Waals surface area (Å²) in [5.74, 6) is 1.10. The molecule has 4 rings (SSSR count). The zero-order valence-electron chi connectivity index (χ0n) is 18.2. The highest BCUT2D eigenvalue weighted by Gasteiger charge is 2.29. The number of carbonyl (C=O) groups excluding carboxylic acids is 2. The molecule has 1 aromatic heterocycles. The first kappa shape index (κ1) is 21.8. The minimum absolute atomic E-state index is 0.0780. The predicted molar refractivity (Wildman–Crippen MR) is 123 cm³/mol. The van der Waals surface area contributed by atoms with Crippen LogP contribution in [0.1, 0.15) is 47.0 Å². The van der Waals surface area contributed by atoms with Crippen molar-refractivity contribution in [1.82, 2.24) is 14.7 Å². The van der Waals surface area contributed by atoms with Gasteiger partial charge in [-0.05, 0) is 48.5 Å². The summed E-state index contributed by atoms with van der Waals surface area (Å²) in [5, 5.41) is 1.92. The highest BCUT2D eigenvalue weighted by molar-refractivity contribution is 7.12. The number of benzene rings is 1. The lowest BCUT2D eigenvalue weighted by Crippen LogP contribution is -2.52. The molecule has 0 bridgehead atoms. The van der Waals surface area contributed by atoms with Crippen LogP contribution in [0.4, 0.5) is 0 Å². The maximum atomic E-state index is 13.1.